The van der Waals surface area contributed by atoms with E-state index in [-0.39, 0.29) is 24.0 Å². The van der Waals surface area contributed by atoms with Gasteiger partial charge in [-0.1, -0.05) is 26.2 Å². The van der Waals surface area contributed by atoms with Crippen LogP contribution in [0, 0.1) is 5.92 Å². The minimum Gasteiger partial charge on any atom is -0.357 e. The van der Waals surface area contributed by atoms with E-state index >= 15 is 0 Å². The van der Waals surface area contributed by atoms with E-state index in [1.807, 2.05) is 0 Å². The Labute approximate surface area is 142 Å². The highest BCUT2D eigenvalue weighted by atomic mass is 127. The van der Waals surface area contributed by atoms with Gasteiger partial charge in [0.05, 0.1) is 0 Å². The Bertz CT molecular complexity index is 258. The van der Waals surface area contributed by atoms with Crippen LogP contribution < -0.4 is 10.6 Å². The predicted octanol–water partition coefficient (Wildman–Crippen LogP) is 2.69. The number of guanidine groups is 1. The van der Waals surface area contributed by atoms with Gasteiger partial charge in [-0.25, -0.2) is 0 Å². The van der Waals surface area contributed by atoms with Gasteiger partial charge in [-0.2, -0.15) is 0 Å². The second kappa shape index (κ2) is 12.7. The first-order valence-electron chi connectivity index (χ1n) is 7.97. The number of hydrogen-bond acceptors (Lipinski definition) is 2. The van der Waals surface area contributed by atoms with Crippen molar-refractivity contribution in [1.29, 1.82) is 0 Å². The highest BCUT2D eigenvalue weighted by Gasteiger charge is 2.18. The Morgan fingerprint density at radius 2 is 2.00 bits per heavy atom. The lowest BCUT2D eigenvalue weighted by molar-refractivity contribution is 0.397. The normalized spacial score (nSPS) is 19.8. The standard InChI is InChI=1S/C15H32N4.HI/c1-4-6-7-8-10-17-15(16-5-2)18-12-14-9-11-19(3)13-14;/h14H,4-13H2,1-3H3,(H2,16,17,18);1H. The van der Waals surface area contributed by atoms with Gasteiger partial charge in [0.1, 0.15) is 0 Å². The highest BCUT2D eigenvalue weighted by Crippen LogP contribution is 2.14. The fraction of sp³-hybridized carbons (Fsp3) is 0.933. The molecule has 1 fully saturated rings. The molecule has 0 spiro atoms. The molecule has 0 amide bonds. The molecule has 5 heteroatoms. The monoisotopic (exact) mass is 396 g/mol. The fourth-order valence-electron chi connectivity index (χ4n) is 2.50. The third-order valence-electron chi connectivity index (χ3n) is 3.66. The summed E-state index contributed by atoms with van der Waals surface area (Å²) in [5.74, 6) is 1.73. The molecule has 1 unspecified atom stereocenters. The van der Waals surface area contributed by atoms with Gasteiger partial charge in [-0.15, -0.1) is 24.0 Å². The van der Waals surface area contributed by atoms with Crippen molar-refractivity contribution in [3.8, 4) is 0 Å². The van der Waals surface area contributed by atoms with Crippen LogP contribution in [-0.2, 0) is 0 Å². The van der Waals surface area contributed by atoms with Crippen LogP contribution in [0.15, 0.2) is 4.99 Å². The van der Waals surface area contributed by atoms with Crippen LogP contribution in [0.1, 0.15) is 46.0 Å². The molecule has 0 bridgehead atoms. The third-order valence-corrected chi connectivity index (χ3v) is 3.66. The first-order valence-corrected chi connectivity index (χ1v) is 7.97. The number of rotatable bonds is 8. The number of halogens is 1. The zero-order chi connectivity index (χ0) is 13.9. The van der Waals surface area contributed by atoms with E-state index in [4.69, 9.17) is 4.99 Å². The Hall–Kier alpha value is -0.0400. The first kappa shape index (κ1) is 20.0. The molecule has 1 aliphatic rings. The number of nitrogens with one attached hydrogen (secondary N) is 2. The van der Waals surface area contributed by atoms with Crippen LogP contribution in [0.2, 0.25) is 0 Å². The van der Waals surface area contributed by atoms with Gasteiger partial charge < -0.3 is 15.5 Å². The zero-order valence-electron chi connectivity index (χ0n) is 13.5. The van der Waals surface area contributed by atoms with E-state index < -0.39 is 0 Å². The SMILES string of the molecule is CCCCCCNC(=NCC1CCN(C)C1)NCC.I. The van der Waals surface area contributed by atoms with Gasteiger partial charge in [0.2, 0.25) is 0 Å². The summed E-state index contributed by atoms with van der Waals surface area (Å²) in [5.41, 5.74) is 0. The number of likely N-dealkylation sites (tertiary alicyclic amines) is 1. The van der Waals surface area contributed by atoms with Gasteiger partial charge in [0, 0.05) is 26.2 Å². The second-order valence-electron chi connectivity index (χ2n) is 5.62. The first-order chi connectivity index (χ1) is 9.26. The molecule has 1 saturated heterocycles. The summed E-state index contributed by atoms with van der Waals surface area (Å²) in [7, 11) is 2.20. The van der Waals surface area contributed by atoms with Gasteiger partial charge in [-0.3, -0.25) is 4.99 Å². The second-order valence-corrected chi connectivity index (χ2v) is 5.62. The molecule has 20 heavy (non-hydrogen) atoms. The molecule has 1 rings (SSSR count). The summed E-state index contributed by atoms with van der Waals surface area (Å²) in [6.07, 6.45) is 6.48. The van der Waals surface area contributed by atoms with Crippen molar-refractivity contribution >= 4 is 29.9 Å². The van der Waals surface area contributed by atoms with E-state index in [9.17, 15) is 0 Å². The predicted molar refractivity (Wildman–Crippen MR) is 99.1 cm³/mol. The van der Waals surface area contributed by atoms with Crippen LogP contribution in [-0.4, -0.2) is 50.6 Å². The molecule has 4 nitrogen and oxygen atoms in total. The Morgan fingerprint density at radius 3 is 2.60 bits per heavy atom. The maximum absolute atomic E-state index is 4.72. The van der Waals surface area contributed by atoms with E-state index in [0.717, 1.165) is 31.5 Å². The maximum Gasteiger partial charge on any atom is 0.191 e. The zero-order valence-corrected chi connectivity index (χ0v) is 15.8. The number of unbranched alkanes of at least 4 members (excludes halogenated alkanes) is 3. The van der Waals surface area contributed by atoms with E-state index in [1.54, 1.807) is 0 Å². The molecular weight excluding hydrogens is 363 g/mol. The van der Waals surface area contributed by atoms with Crippen LogP contribution in [0.25, 0.3) is 0 Å². The molecule has 0 radical (unpaired) electrons. The van der Waals surface area contributed by atoms with E-state index in [1.165, 1.54) is 45.2 Å². The summed E-state index contributed by atoms with van der Waals surface area (Å²) in [4.78, 5) is 7.11. The Kier molecular flexibility index (Phi) is 12.7. The lowest BCUT2D eigenvalue weighted by Gasteiger charge is -2.13. The van der Waals surface area contributed by atoms with E-state index in [0.29, 0.717) is 0 Å². The van der Waals surface area contributed by atoms with Crippen molar-refractivity contribution in [2.24, 2.45) is 10.9 Å². The van der Waals surface area contributed by atoms with Crippen molar-refractivity contribution in [1.82, 2.24) is 15.5 Å². The number of hydrogen-bond donors (Lipinski definition) is 2. The average Bonchev–Trinajstić information content (AvgIpc) is 2.81. The van der Waals surface area contributed by atoms with Crippen LogP contribution in [0.4, 0.5) is 0 Å². The van der Waals surface area contributed by atoms with Gasteiger partial charge >= 0.3 is 0 Å². The summed E-state index contributed by atoms with van der Waals surface area (Å²) >= 11 is 0. The third kappa shape index (κ3) is 9.00. The van der Waals surface area contributed by atoms with Crippen molar-refractivity contribution in [2.45, 2.75) is 46.0 Å². The molecule has 2 N–H and O–H groups in total. The van der Waals surface area contributed by atoms with Crippen molar-refractivity contribution in [3.63, 3.8) is 0 Å². The van der Waals surface area contributed by atoms with Crippen LogP contribution >= 0.6 is 24.0 Å². The van der Waals surface area contributed by atoms with Gasteiger partial charge in [0.15, 0.2) is 5.96 Å². The molecule has 1 atom stereocenters. The Balaban J connectivity index is 0.00000361. The summed E-state index contributed by atoms with van der Waals surface area (Å²) in [6, 6.07) is 0. The van der Waals surface area contributed by atoms with Crippen LogP contribution in [0.5, 0.6) is 0 Å². The molecule has 1 aliphatic heterocycles. The van der Waals surface area contributed by atoms with Gasteiger partial charge in [-0.05, 0) is 39.3 Å². The van der Waals surface area contributed by atoms with E-state index in [2.05, 4.69) is 36.4 Å². The highest BCUT2D eigenvalue weighted by molar-refractivity contribution is 14.0. The summed E-state index contributed by atoms with van der Waals surface area (Å²) in [5, 5.41) is 6.77. The molecule has 1 heterocycles. The molecule has 0 saturated carbocycles. The molecule has 0 aliphatic carbocycles. The summed E-state index contributed by atoms with van der Waals surface area (Å²) < 4.78 is 0. The smallest absolute Gasteiger partial charge is 0.191 e. The molecule has 120 valence electrons. The number of nitrogens with zero attached hydrogens (tertiary/aromatic N) is 2. The minimum absolute atomic E-state index is 0. The van der Waals surface area contributed by atoms with Crippen molar-refractivity contribution < 1.29 is 0 Å². The topological polar surface area (TPSA) is 39.7 Å². The molecule has 0 aromatic carbocycles. The molecule has 0 aromatic rings. The quantitative estimate of drug-likeness (QED) is 0.287. The lowest BCUT2D eigenvalue weighted by atomic mass is 10.1. The lowest BCUT2D eigenvalue weighted by Crippen LogP contribution is -2.38. The Morgan fingerprint density at radius 1 is 1.20 bits per heavy atom. The fourth-order valence-corrected chi connectivity index (χ4v) is 2.50. The van der Waals surface area contributed by atoms with Crippen LogP contribution in [0.3, 0.4) is 0 Å². The summed E-state index contributed by atoms with van der Waals surface area (Å²) in [6.45, 7) is 9.71. The average molecular weight is 396 g/mol. The molecular formula is C15H33IN4. The molecule has 0 aromatic heterocycles. The van der Waals surface area contributed by atoms with Gasteiger partial charge in [0.25, 0.3) is 0 Å². The van der Waals surface area contributed by atoms with Crippen molar-refractivity contribution in [2.75, 3.05) is 39.8 Å². The maximum atomic E-state index is 4.72. The number of aliphatic imine (C=N–C) groups is 1. The van der Waals surface area contributed by atoms with Crippen molar-refractivity contribution in [3.05, 3.63) is 0 Å². The largest absolute Gasteiger partial charge is 0.357 e. The minimum atomic E-state index is 0.